The van der Waals surface area contributed by atoms with Gasteiger partial charge in [-0.05, 0) is 43.4 Å². The molecule has 0 saturated carbocycles. The largest absolute Gasteiger partial charge is 0.472 e. The molecule has 0 saturated heterocycles. The second kappa shape index (κ2) is 61.9. The molecule has 90 heavy (non-hydrogen) atoms. The van der Waals surface area contributed by atoms with Crippen molar-refractivity contribution in [1.82, 2.24) is 0 Å². The van der Waals surface area contributed by atoms with Crippen LogP contribution in [0.5, 0.6) is 0 Å². The highest BCUT2D eigenvalue weighted by Crippen LogP contribution is 2.45. The molecule has 3 N–H and O–H groups in total. The summed E-state index contributed by atoms with van der Waals surface area (Å²) in [6.07, 6.45) is 45.8. The fourth-order valence-corrected chi connectivity index (χ4v) is 12.3. The van der Waals surface area contributed by atoms with E-state index >= 15 is 0 Å². The first-order valence-corrected chi connectivity index (χ1v) is 39.9. The van der Waals surface area contributed by atoms with Crippen molar-refractivity contribution in [2.45, 2.75) is 375 Å². The fourth-order valence-electron chi connectivity index (χ4n) is 10.7. The quantitative estimate of drug-likeness (QED) is 0.0222. The molecule has 3 unspecified atom stereocenters. The number of aliphatic hydroxyl groups is 1. The lowest BCUT2D eigenvalue weighted by molar-refractivity contribution is -0.161. The Kier molecular flexibility index (Phi) is 60.6. The molecule has 0 radical (unpaired) electrons. The molecule has 17 nitrogen and oxygen atoms in total. The van der Waals surface area contributed by atoms with Gasteiger partial charge in [-0.1, -0.05) is 305 Å². The minimum atomic E-state index is -4.95. The van der Waals surface area contributed by atoms with Gasteiger partial charge in [0, 0.05) is 25.7 Å². The zero-order valence-electron chi connectivity index (χ0n) is 58.6. The smallest absolute Gasteiger partial charge is 0.462 e. The summed E-state index contributed by atoms with van der Waals surface area (Å²) in [6, 6.07) is 0. The average Bonchev–Trinajstić information content (AvgIpc) is 3.60. The number of carbonyl (C=O) groups is 4. The standard InChI is InChI=1S/C71H138O17P2/c1-8-10-11-12-13-14-15-16-17-18-19-24-32-40-47-54-70(75)87-66(58-81-68(73)52-45-38-31-23-21-20-22-30-37-44-51-64(7)9-2)60-85-89(77,78)83-56-65(72)57-84-90(79,80)86-61-67(59-82-69(74)53-46-39-34-27-29-36-43-50-63(5)6)88-71(76)55-48-41-33-26-25-28-35-42-49-62(3)4/h62-67,72H,8-61H2,1-7H3,(H,77,78)(H,79,80)/t64?,65-,66-,67-/m1/s1. The predicted octanol–water partition coefficient (Wildman–Crippen LogP) is 20.2. The highest BCUT2D eigenvalue weighted by molar-refractivity contribution is 7.47. The molecule has 0 amide bonds. The Hall–Kier alpha value is -1.94. The summed E-state index contributed by atoms with van der Waals surface area (Å²) in [5.41, 5.74) is 0. The van der Waals surface area contributed by atoms with E-state index in [9.17, 15) is 43.2 Å². The second-order valence-corrected chi connectivity index (χ2v) is 29.7. The molecular formula is C71H138O17P2. The van der Waals surface area contributed by atoms with E-state index in [0.717, 1.165) is 108 Å². The van der Waals surface area contributed by atoms with E-state index in [4.69, 9.17) is 37.0 Å². The van der Waals surface area contributed by atoms with Gasteiger partial charge in [0.05, 0.1) is 26.4 Å². The predicted molar refractivity (Wildman–Crippen MR) is 363 cm³/mol. The molecule has 19 heteroatoms. The van der Waals surface area contributed by atoms with Crippen LogP contribution in [0.15, 0.2) is 0 Å². The number of ether oxygens (including phenoxy) is 4. The Balaban J connectivity index is 5.26. The van der Waals surface area contributed by atoms with Crippen LogP contribution >= 0.6 is 15.6 Å². The molecule has 0 aromatic heterocycles. The van der Waals surface area contributed by atoms with Crippen molar-refractivity contribution >= 4 is 39.5 Å². The van der Waals surface area contributed by atoms with Gasteiger partial charge in [-0.2, -0.15) is 0 Å². The van der Waals surface area contributed by atoms with Gasteiger partial charge in [0.15, 0.2) is 12.2 Å². The van der Waals surface area contributed by atoms with Crippen LogP contribution in [0.2, 0.25) is 0 Å². The van der Waals surface area contributed by atoms with Crippen molar-refractivity contribution in [3.8, 4) is 0 Å². The molecule has 0 aliphatic rings. The number of rotatable bonds is 69. The molecule has 0 aromatic carbocycles. The lowest BCUT2D eigenvalue weighted by Crippen LogP contribution is -2.30. The van der Waals surface area contributed by atoms with Gasteiger partial charge in [0.25, 0.3) is 0 Å². The van der Waals surface area contributed by atoms with Crippen LogP contribution in [-0.2, 0) is 65.4 Å². The molecule has 0 spiro atoms. The van der Waals surface area contributed by atoms with E-state index in [1.807, 2.05) is 0 Å². The van der Waals surface area contributed by atoms with Crippen LogP contribution in [0.1, 0.15) is 357 Å². The Morgan fingerprint density at radius 3 is 0.844 bits per heavy atom. The van der Waals surface area contributed by atoms with Crippen molar-refractivity contribution in [2.75, 3.05) is 39.6 Å². The minimum Gasteiger partial charge on any atom is -0.462 e. The van der Waals surface area contributed by atoms with Gasteiger partial charge in [0.1, 0.15) is 19.3 Å². The zero-order valence-corrected chi connectivity index (χ0v) is 60.4. The number of aliphatic hydroxyl groups excluding tert-OH is 1. The van der Waals surface area contributed by atoms with Crippen molar-refractivity contribution in [1.29, 1.82) is 0 Å². The van der Waals surface area contributed by atoms with Gasteiger partial charge < -0.3 is 33.8 Å². The summed E-state index contributed by atoms with van der Waals surface area (Å²) >= 11 is 0. The Morgan fingerprint density at radius 2 is 0.567 bits per heavy atom. The normalized spacial score (nSPS) is 14.5. The topological polar surface area (TPSA) is 237 Å². The van der Waals surface area contributed by atoms with Crippen LogP contribution in [0.3, 0.4) is 0 Å². The van der Waals surface area contributed by atoms with E-state index in [1.54, 1.807) is 0 Å². The third kappa shape index (κ3) is 63.5. The van der Waals surface area contributed by atoms with E-state index in [2.05, 4.69) is 48.5 Å². The number of phosphoric ester groups is 2. The van der Waals surface area contributed by atoms with Gasteiger partial charge in [-0.3, -0.25) is 37.3 Å². The van der Waals surface area contributed by atoms with Crippen molar-refractivity contribution in [3.63, 3.8) is 0 Å². The molecule has 6 atom stereocenters. The Morgan fingerprint density at radius 1 is 0.322 bits per heavy atom. The van der Waals surface area contributed by atoms with Crippen LogP contribution in [0.4, 0.5) is 0 Å². The first-order valence-electron chi connectivity index (χ1n) is 36.9. The van der Waals surface area contributed by atoms with Crippen molar-refractivity contribution < 1.29 is 80.2 Å². The fraction of sp³-hybridized carbons (Fsp3) is 0.944. The maximum atomic E-state index is 13.0. The van der Waals surface area contributed by atoms with Crippen molar-refractivity contribution in [3.05, 3.63) is 0 Å². The molecular weight excluding hydrogens is 1190 g/mol. The summed E-state index contributed by atoms with van der Waals surface area (Å²) in [7, 11) is -9.90. The Labute approximate surface area is 549 Å². The van der Waals surface area contributed by atoms with Gasteiger partial charge >= 0.3 is 39.5 Å². The number of carbonyl (C=O) groups excluding carboxylic acids is 4. The molecule has 534 valence electrons. The van der Waals surface area contributed by atoms with Crippen LogP contribution in [0, 0.1) is 17.8 Å². The lowest BCUT2D eigenvalue weighted by Gasteiger charge is -2.21. The van der Waals surface area contributed by atoms with Crippen LogP contribution < -0.4 is 0 Å². The number of unbranched alkanes of at least 4 members (excludes halogenated alkanes) is 36. The van der Waals surface area contributed by atoms with E-state index in [0.29, 0.717) is 31.6 Å². The Bertz CT molecular complexity index is 1770. The highest BCUT2D eigenvalue weighted by Gasteiger charge is 2.30. The maximum absolute atomic E-state index is 13.0. The average molecular weight is 1330 g/mol. The SMILES string of the molecule is CCCCCCCCCCCCCCCCCC(=O)O[C@H](COC(=O)CCCCCCCCCCCCC(C)CC)COP(=O)(O)OC[C@@H](O)COP(=O)(O)OC[C@@H](COC(=O)CCCCCCCCCC(C)C)OC(=O)CCCCCCCCCCC(C)C. The molecule has 0 bridgehead atoms. The third-order valence-electron chi connectivity index (χ3n) is 16.7. The summed E-state index contributed by atoms with van der Waals surface area (Å²) in [6.45, 7) is 11.8. The highest BCUT2D eigenvalue weighted by atomic mass is 31.2. The number of hydrogen-bond donors (Lipinski definition) is 3. The number of hydrogen-bond acceptors (Lipinski definition) is 15. The van der Waals surface area contributed by atoms with Gasteiger partial charge in [-0.25, -0.2) is 9.13 Å². The monoisotopic (exact) mass is 1320 g/mol. The van der Waals surface area contributed by atoms with Crippen LogP contribution in [-0.4, -0.2) is 96.7 Å². The van der Waals surface area contributed by atoms with Crippen molar-refractivity contribution in [2.24, 2.45) is 17.8 Å². The number of esters is 4. The molecule has 0 fully saturated rings. The summed E-state index contributed by atoms with van der Waals surface area (Å²) < 4.78 is 68.3. The first kappa shape index (κ1) is 88.1. The van der Waals surface area contributed by atoms with Gasteiger partial charge in [0.2, 0.25) is 0 Å². The molecule has 0 heterocycles. The zero-order chi connectivity index (χ0) is 66.6. The molecule has 0 rings (SSSR count). The summed E-state index contributed by atoms with van der Waals surface area (Å²) in [5, 5.41) is 10.6. The molecule has 0 aliphatic heterocycles. The number of phosphoric acid groups is 2. The molecule has 0 aromatic rings. The third-order valence-corrected chi connectivity index (χ3v) is 18.6. The molecule has 0 aliphatic carbocycles. The van der Waals surface area contributed by atoms with E-state index in [-0.39, 0.29) is 25.7 Å². The second-order valence-electron chi connectivity index (χ2n) is 26.8. The van der Waals surface area contributed by atoms with Gasteiger partial charge in [-0.15, -0.1) is 0 Å². The maximum Gasteiger partial charge on any atom is 0.472 e. The first-order chi connectivity index (χ1) is 43.3. The minimum absolute atomic E-state index is 0.103. The lowest BCUT2D eigenvalue weighted by atomic mass is 9.99. The summed E-state index contributed by atoms with van der Waals surface area (Å²) in [4.78, 5) is 72.6. The van der Waals surface area contributed by atoms with E-state index in [1.165, 1.54) is 161 Å². The summed E-state index contributed by atoms with van der Waals surface area (Å²) in [5.74, 6) is 0.107. The van der Waals surface area contributed by atoms with Crippen LogP contribution in [0.25, 0.3) is 0 Å². The van der Waals surface area contributed by atoms with E-state index < -0.39 is 97.5 Å².